The number of rotatable bonds is 3. The maximum Gasteiger partial charge on any atom is 0.262 e. The van der Waals surface area contributed by atoms with Crippen molar-refractivity contribution in [1.82, 2.24) is 4.90 Å². The zero-order chi connectivity index (χ0) is 20.1. The molecule has 5 rings (SSSR count). The van der Waals surface area contributed by atoms with Gasteiger partial charge in [-0.3, -0.25) is 19.3 Å². The third kappa shape index (κ3) is 2.83. The Morgan fingerprint density at radius 2 is 1.59 bits per heavy atom. The first-order valence-electron chi connectivity index (χ1n) is 9.49. The second kappa shape index (κ2) is 6.41. The third-order valence-electron chi connectivity index (χ3n) is 5.51. The summed E-state index contributed by atoms with van der Waals surface area (Å²) < 4.78 is 0. The Labute approximate surface area is 168 Å². The number of carbonyl (C=O) groups excluding carboxylic acids is 3. The van der Waals surface area contributed by atoms with Crippen LogP contribution < -0.4 is 5.32 Å². The largest absolute Gasteiger partial charge is 0.325 e. The van der Waals surface area contributed by atoms with Gasteiger partial charge in [0.05, 0.1) is 11.1 Å². The van der Waals surface area contributed by atoms with Gasteiger partial charge < -0.3 is 5.32 Å². The molecule has 0 saturated heterocycles. The van der Waals surface area contributed by atoms with E-state index in [-0.39, 0.29) is 6.54 Å². The van der Waals surface area contributed by atoms with Gasteiger partial charge in [0.2, 0.25) is 5.91 Å². The zero-order valence-corrected chi connectivity index (χ0v) is 15.9. The minimum absolute atomic E-state index is 0.303. The molecule has 0 bridgehead atoms. The van der Waals surface area contributed by atoms with E-state index in [1.807, 2.05) is 37.3 Å². The number of aryl methyl sites for hydroxylation is 1. The molecule has 1 heterocycles. The summed E-state index contributed by atoms with van der Waals surface area (Å²) in [5.41, 5.74) is 7.09. The number of carbonyl (C=O) groups is 3. The highest BCUT2D eigenvalue weighted by atomic mass is 16.2. The summed E-state index contributed by atoms with van der Waals surface area (Å²) >= 11 is 0. The smallest absolute Gasteiger partial charge is 0.262 e. The van der Waals surface area contributed by atoms with Crippen LogP contribution in [0.25, 0.3) is 11.1 Å². The molecule has 142 valence electrons. The lowest BCUT2D eigenvalue weighted by atomic mass is 10.1. The van der Waals surface area contributed by atoms with Crippen LogP contribution in [0.5, 0.6) is 0 Å². The van der Waals surface area contributed by atoms with E-state index in [9.17, 15) is 14.4 Å². The second-order valence-corrected chi connectivity index (χ2v) is 7.50. The van der Waals surface area contributed by atoms with Gasteiger partial charge in [-0.25, -0.2) is 0 Å². The topological polar surface area (TPSA) is 66.5 Å². The molecule has 3 amide bonds. The van der Waals surface area contributed by atoms with Crippen molar-refractivity contribution in [3.8, 4) is 11.1 Å². The lowest BCUT2D eigenvalue weighted by molar-refractivity contribution is -0.116. The Balaban J connectivity index is 1.32. The summed E-state index contributed by atoms with van der Waals surface area (Å²) in [6.07, 6.45) is 0.826. The molecule has 1 N–H and O–H groups in total. The summed E-state index contributed by atoms with van der Waals surface area (Å²) in [6.45, 7) is 1.56. The van der Waals surface area contributed by atoms with Gasteiger partial charge in [-0.2, -0.15) is 0 Å². The van der Waals surface area contributed by atoms with Crippen LogP contribution in [0.1, 0.15) is 37.4 Å². The van der Waals surface area contributed by atoms with Crippen molar-refractivity contribution in [2.45, 2.75) is 13.3 Å². The average Bonchev–Trinajstić information content (AvgIpc) is 3.18. The Hall–Kier alpha value is -3.73. The van der Waals surface area contributed by atoms with Crippen LogP contribution in [0.3, 0.4) is 0 Å². The number of nitrogens with zero attached hydrogens (tertiary/aromatic N) is 1. The first-order chi connectivity index (χ1) is 14.0. The summed E-state index contributed by atoms with van der Waals surface area (Å²) in [7, 11) is 0. The molecular formula is C24H18N2O3. The fraction of sp³-hybridized carbons (Fsp3) is 0.125. The Bertz CT molecular complexity index is 1210. The quantitative estimate of drug-likeness (QED) is 0.548. The van der Waals surface area contributed by atoms with Crippen molar-refractivity contribution in [3.63, 3.8) is 0 Å². The number of imide groups is 1. The fourth-order valence-corrected chi connectivity index (χ4v) is 4.12. The molecule has 5 heteroatoms. The van der Waals surface area contributed by atoms with Gasteiger partial charge in [-0.05, 0) is 59.9 Å². The van der Waals surface area contributed by atoms with Crippen LogP contribution in [0.2, 0.25) is 0 Å². The molecule has 3 aromatic rings. The van der Waals surface area contributed by atoms with Gasteiger partial charge in [0.25, 0.3) is 11.8 Å². The standard InChI is InChI=1S/C24H18N2O3/c1-14-6-8-20-21(10-14)24(29)26(23(20)28)13-22(27)25-17-7-9-19-16(12-17)11-15-4-2-3-5-18(15)19/h2-10,12H,11,13H2,1H3,(H,25,27). The van der Waals surface area contributed by atoms with E-state index in [1.165, 1.54) is 16.7 Å². The molecular weight excluding hydrogens is 364 g/mol. The highest BCUT2D eigenvalue weighted by Gasteiger charge is 2.36. The SMILES string of the molecule is Cc1ccc2c(c1)C(=O)N(CC(=O)Nc1ccc3c(c1)Cc1ccccc1-3)C2=O. The summed E-state index contributed by atoms with van der Waals surface area (Å²) in [5, 5.41) is 2.82. The van der Waals surface area contributed by atoms with Crippen LogP contribution in [0, 0.1) is 6.92 Å². The van der Waals surface area contributed by atoms with Crippen molar-refractivity contribution < 1.29 is 14.4 Å². The predicted molar refractivity (Wildman–Crippen MR) is 110 cm³/mol. The highest BCUT2D eigenvalue weighted by molar-refractivity contribution is 6.22. The molecule has 1 aliphatic carbocycles. The number of hydrogen-bond acceptors (Lipinski definition) is 3. The number of nitrogens with one attached hydrogen (secondary N) is 1. The van der Waals surface area contributed by atoms with E-state index in [1.54, 1.807) is 18.2 Å². The minimum Gasteiger partial charge on any atom is -0.325 e. The van der Waals surface area contributed by atoms with Crippen molar-refractivity contribution in [2.75, 3.05) is 11.9 Å². The monoisotopic (exact) mass is 382 g/mol. The molecule has 0 fully saturated rings. The fourth-order valence-electron chi connectivity index (χ4n) is 4.12. The predicted octanol–water partition coefficient (Wildman–Crippen LogP) is 3.80. The maximum absolute atomic E-state index is 12.6. The minimum atomic E-state index is -0.426. The van der Waals surface area contributed by atoms with Crippen LogP contribution in [0.15, 0.2) is 60.7 Å². The molecule has 0 atom stereocenters. The highest BCUT2D eigenvalue weighted by Crippen LogP contribution is 2.37. The Morgan fingerprint density at radius 3 is 2.45 bits per heavy atom. The first-order valence-corrected chi connectivity index (χ1v) is 9.49. The van der Waals surface area contributed by atoms with Crippen LogP contribution in [0.4, 0.5) is 5.69 Å². The number of fused-ring (bicyclic) bond motifs is 4. The van der Waals surface area contributed by atoms with Gasteiger partial charge in [-0.15, -0.1) is 0 Å². The molecule has 0 spiro atoms. The molecule has 0 aromatic heterocycles. The van der Waals surface area contributed by atoms with E-state index >= 15 is 0 Å². The maximum atomic E-state index is 12.6. The number of benzene rings is 3. The molecule has 1 aliphatic heterocycles. The van der Waals surface area contributed by atoms with Gasteiger partial charge in [0, 0.05) is 5.69 Å². The van der Waals surface area contributed by atoms with Crippen molar-refractivity contribution in [2.24, 2.45) is 0 Å². The third-order valence-corrected chi connectivity index (χ3v) is 5.51. The van der Waals surface area contributed by atoms with E-state index < -0.39 is 17.7 Å². The Kier molecular flexibility index (Phi) is 3.84. The van der Waals surface area contributed by atoms with Crippen LogP contribution >= 0.6 is 0 Å². The van der Waals surface area contributed by atoms with Gasteiger partial charge in [-0.1, -0.05) is 42.0 Å². The average molecular weight is 382 g/mol. The molecule has 2 aliphatic rings. The van der Waals surface area contributed by atoms with Gasteiger partial charge in [0.1, 0.15) is 6.54 Å². The van der Waals surface area contributed by atoms with Crippen LogP contribution in [-0.2, 0) is 11.2 Å². The molecule has 0 saturated carbocycles. The summed E-state index contributed by atoms with van der Waals surface area (Å²) in [6, 6.07) is 19.2. The molecule has 0 unspecified atom stereocenters. The van der Waals surface area contributed by atoms with E-state index in [0.29, 0.717) is 16.8 Å². The lowest BCUT2D eigenvalue weighted by Gasteiger charge is -2.14. The van der Waals surface area contributed by atoms with Crippen molar-refractivity contribution >= 4 is 23.4 Å². The van der Waals surface area contributed by atoms with Gasteiger partial charge >= 0.3 is 0 Å². The molecule has 29 heavy (non-hydrogen) atoms. The van der Waals surface area contributed by atoms with Crippen molar-refractivity contribution in [3.05, 3.63) is 88.5 Å². The second-order valence-electron chi connectivity index (χ2n) is 7.50. The van der Waals surface area contributed by atoms with E-state index in [0.717, 1.165) is 22.4 Å². The Morgan fingerprint density at radius 1 is 0.862 bits per heavy atom. The molecule has 5 nitrogen and oxygen atoms in total. The summed E-state index contributed by atoms with van der Waals surface area (Å²) in [5.74, 6) is -1.25. The normalized spacial score (nSPS) is 13.9. The molecule has 0 radical (unpaired) electrons. The van der Waals surface area contributed by atoms with E-state index in [4.69, 9.17) is 0 Å². The van der Waals surface area contributed by atoms with Crippen LogP contribution in [-0.4, -0.2) is 29.2 Å². The zero-order valence-electron chi connectivity index (χ0n) is 15.9. The number of anilines is 1. The number of hydrogen-bond donors (Lipinski definition) is 1. The van der Waals surface area contributed by atoms with Gasteiger partial charge in [0.15, 0.2) is 0 Å². The van der Waals surface area contributed by atoms with E-state index in [2.05, 4.69) is 17.4 Å². The molecule has 3 aromatic carbocycles. The first kappa shape index (κ1) is 17.4. The lowest BCUT2D eigenvalue weighted by Crippen LogP contribution is -2.37. The number of amides is 3. The summed E-state index contributed by atoms with van der Waals surface area (Å²) in [4.78, 5) is 38.6. The van der Waals surface area contributed by atoms with Crippen molar-refractivity contribution in [1.29, 1.82) is 0 Å².